The van der Waals surface area contributed by atoms with Gasteiger partial charge in [0.05, 0.1) is 23.3 Å². The van der Waals surface area contributed by atoms with Crippen molar-refractivity contribution in [2.45, 2.75) is 5.16 Å². The van der Waals surface area contributed by atoms with Gasteiger partial charge in [0.2, 0.25) is 11.8 Å². The van der Waals surface area contributed by atoms with E-state index in [4.69, 9.17) is 0 Å². The van der Waals surface area contributed by atoms with Gasteiger partial charge in [-0.2, -0.15) is 0 Å². The Labute approximate surface area is 127 Å². The second-order valence-electron chi connectivity index (χ2n) is 4.89. The average molecular weight is 306 g/mol. The van der Waals surface area contributed by atoms with E-state index in [1.54, 1.807) is 21.1 Å². The summed E-state index contributed by atoms with van der Waals surface area (Å²) in [5.41, 5.74) is 1.83. The third-order valence-corrected chi connectivity index (χ3v) is 3.86. The summed E-state index contributed by atoms with van der Waals surface area (Å²) >= 11 is 1.34. The molecular formula is C14H18N4O2S. The van der Waals surface area contributed by atoms with Crippen molar-refractivity contribution in [2.75, 3.05) is 33.4 Å². The van der Waals surface area contributed by atoms with E-state index < -0.39 is 0 Å². The van der Waals surface area contributed by atoms with Gasteiger partial charge in [-0.25, -0.2) is 4.98 Å². The first-order valence-electron chi connectivity index (χ1n) is 6.49. The molecule has 1 heterocycles. The number of nitrogens with one attached hydrogen (secondary N) is 1. The lowest BCUT2D eigenvalue weighted by Gasteiger charge is -2.18. The fraction of sp³-hybridized carbons (Fsp3) is 0.357. The number of para-hydroxylation sites is 2. The van der Waals surface area contributed by atoms with Crippen molar-refractivity contribution in [1.29, 1.82) is 0 Å². The first kappa shape index (κ1) is 15.4. The van der Waals surface area contributed by atoms with E-state index in [0.717, 1.165) is 11.0 Å². The summed E-state index contributed by atoms with van der Waals surface area (Å²) < 4.78 is 0. The Morgan fingerprint density at radius 1 is 1.19 bits per heavy atom. The zero-order valence-corrected chi connectivity index (χ0v) is 13.1. The Hall–Kier alpha value is -2.02. The second kappa shape index (κ2) is 6.62. The third-order valence-electron chi connectivity index (χ3n) is 3.00. The van der Waals surface area contributed by atoms with Gasteiger partial charge >= 0.3 is 0 Å². The molecule has 7 heteroatoms. The summed E-state index contributed by atoms with van der Waals surface area (Å²) in [7, 11) is 4.97. The molecule has 2 amide bonds. The molecule has 0 aliphatic rings. The number of likely N-dealkylation sites (N-methyl/N-ethyl adjacent to an activating group) is 2. The van der Waals surface area contributed by atoms with Crippen LogP contribution in [0.5, 0.6) is 0 Å². The van der Waals surface area contributed by atoms with Crippen molar-refractivity contribution in [1.82, 2.24) is 19.8 Å². The first-order valence-corrected chi connectivity index (χ1v) is 7.47. The number of aromatic amines is 1. The summed E-state index contributed by atoms with van der Waals surface area (Å²) in [4.78, 5) is 34.0. The van der Waals surface area contributed by atoms with Crippen molar-refractivity contribution < 1.29 is 9.59 Å². The monoisotopic (exact) mass is 306 g/mol. The van der Waals surface area contributed by atoms with Crippen molar-refractivity contribution in [3.63, 3.8) is 0 Å². The predicted molar refractivity (Wildman–Crippen MR) is 83.1 cm³/mol. The lowest BCUT2D eigenvalue weighted by atomic mass is 10.3. The van der Waals surface area contributed by atoms with Gasteiger partial charge in [-0.15, -0.1) is 0 Å². The number of imidazole rings is 1. The van der Waals surface area contributed by atoms with Gasteiger partial charge < -0.3 is 14.8 Å². The van der Waals surface area contributed by atoms with E-state index in [1.807, 2.05) is 24.3 Å². The SMILES string of the molecule is CN(C)C(=O)CN(C)C(=O)CSc1nc2ccccc2[nH]1. The molecule has 0 saturated heterocycles. The quantitative estimate of drug-likeness (QED) is 0.843. The Bertz CT molecular complexity index is 620. The maximum atomic E-state index is 12.0. The van der Waals surface area contributed by atoms with Crippen LogP contribution in [-0.2, 0) is 9.59 Å². The molecule has 0 radical (unpaired) electrons. The molecule has 0 aliphatic heterocycles. The third kappa shape index (κ3) is 3.98. The fourth-order valence-electron chi connectivity index (χ4n) is 1.67. The van der Waals surface area contributed by atoms with Crippen LogP contribution in [0.15, 0.2) is 29.4 Å². The van der Waals surface area contributed by atoms with Gasteiger partial charge in [0.15, 0.2) is 5.16 Å². The minimum absolute atomic E-state index is 0.0898. The molecule has 21 heavy (non-hydrogen) atoms. The van der Waals surface area contributed by atoms with Gasteiger partial charge in [-0.1, -0.05) is 23.9 Å². The lowest BCUT2D eigenvalue weighted by Crippen LogP contribution is -2.38. The number of H-pyrrole nitrogens is 1. The molecule has 0 spiro atoms. The van der Waals surface area contributed by atoms with Crippen LogP contribution in [0.25, 0.3) is 11.0 Å². The maximum absolute atomic E-state index is 12.0. The molecule has 112 valence electrons. The number of aromatic nitrogens is 2. The minimum Gasteiger partial charge on any atom is -0.347 e. The van der Waals surface area contributed by atoms with Crippen molar-refractivity contribution in [3.05, 3.63) is 24.3 Å². The van der Waals surface area contributed by atoms with E-state index in [9.17, 15) is 9.59 Å². The van der Waals surface area contributed by atoms with Crippen LogP contribution in [0.4, 0.5) is 0 Å². The molecule has 1 aromatic heterocycles. The number of benzene rings is 1. The second-order valence-corrected chi connectivity index (χ2v) is 5.85. The fourth-order valence-corrected chi connectivity index (χ4v) is 2.50. The number of thioether (sulfide) groups is 1. The van der Waals surface area contributed by atoms with Crippen LogP contribution in [0.2, 0.25) is 0 Å². The zero-order valence-electron chi connectivity index (χ0n) is 12.3. The van der Waals surface area contributed by atoms with E-state index in [0.29, 0.717) is 5.16 Å². The smallest absolute Gasteiger partial charge is 0.241 e. The summed E-state index contributed by atoms with van der Waals surface area (Å²) in [6, 6.07) is 7.71. The molecule has 0 unspecified atom stereocenters. The molecule has 1 aromatic carbocycles. The highest BCUT2D eigenvalue weighted by atomic mass is 32.2. The van der Waals surface area contributed by atoms with E-state index >= 15 is 0 Å². The molecule has 1 N–H and O–H groups in total. The standard InChI is InChI=1S/C14H18N4O2S/c1-17(2)12(19)8-18(3)13(20)9-21-14-15-10-6-4-5-7-11(10)16-14/h4-7H,8-9H2,1-3H3,(H,15,16). The van der Waals surface area contributed by atoms with Gasteiger partial charge in [0.1, 0.15) is 0 Å². The largest absolute Gasteiger partial charge is 0.347 e. The lowest BCUT2D eigenvalue weighted by molar-refractivity contribution is -0.136. The average Bonchev–Trinajstić information content (AvgIpc) is 2.87. The molecule has 6 nitrogen and oxygen atoms in total. The van der Waals surface area contributed by atoms with Gasteiger partial charge in [-0.3, -0.25) is 9.59 Å². The summed E-state index contributed by atoms with van der Waals surface area (Å²) in [6.45, 7) is 0.0898. The molecule has 2 aromatic rings. The van der Waals surface area contributed by atoms with Crippen LogP contribution in [-0.4, -0.2) is 65.0 Å². The topological polar surface area (TPSA) is 69.3 Å². The molecule has 0 aliphatic carbocycles. The van der Waals surface area contributed by atoms with E-state index in [1.165, 1.54) is 21.6 Å². The van der Waals surface area contributed by atoms with Crippen molar-refractivity contribution in [3.8, 4) is 0 Å². The highest BCUT2D eigenvalue weighted by molar-refractivity contribution is 7.99. The first-order chi connectivity index (χ1) is 9.97. The molecule has 0 fully saturated rings. The normalized spacial score (nSPS) is 10.6. The zero-order chi connectivity index (χ0) is 15.4. The molecule has 0 bridgehead atoms. The number of amides is 2. The van der Waals surface area contributed by atoms with Gasteiger partial charge in [-0.05, 0) is 12.1 Å². The Morgan fingerprint density at radius 3 is 2.57 bits per heavy atom. The summed E-state index contributed by atoms with van der Waals surface area (Å²) in [6.07, 6.45) is 0. The Balaban J connectivity index is 1.90. The van der Waals surface area contributed by atoms with Crippen LogP contribution in [0.1, 0.15) is 0 Å². The number of carbonyl (C=O) groups is 2. The number of nitrogens with zero attached hydrogens (tertiary/aromatic N) is 3. The van der Waals surface area contributed by atoms with Crippen molar-refractivity contribution in [2.24, 2.45) is 0 Å². The highest BCUT2D eigenvalue weighted by Crippen LogP contribution is 2.19. The van der Waals surface area contributed by atoms with Crippen LogP contribution < -0.4 is 0 Å². The van der Waals surface area contributed by atoms with Crippen molar-refractivity contribution >= 4 is 34.6 Å². The minimum atomic E-state index is -0.101. The summed E-state index contributed by atoms with van der Waals surface area (Å²) in [5.74, 6) is 0.0482. The number of fused-ring (bicyclic) bond motifs is 1. The summed E-state index contributed by atoms with van der Waals surface area (Å²) in [5, 5.41) is 0.705. The number of rotatable bonds is 5. The van der Waals surface area contributed by atoms with Crippen LogP contribution in [0.3, 0.4) is 0 Å². The maximum Gasteiger partial charge on any atom is 0.241 e. The molecule has 0 atom stereocenters. The van der Waals surface area contributed by atoms with Crippen LogP contribution >= 0.6 is 11.8 Å². The molecular weight excluding hydrogens is 288 g/mol. The number of carbonyl (C=O) groups excluding carboxylic acids is 2. The highest BCUT2D eigenvalue weighted by Gasteiger charge is 2.15. The Kier molecular flexibility index (Phi) is 4.85. The molecule has 2 rings (SSSR count). The Morgan fingerprint density at radius 2 is 1.90 bits per heavy atom. The van der Waals surface area contributed by atoms with Gasteiger partial charge in [0, 0.05) is 21.1 Å². The van der Waals surface area contributed by atoms with Crippen LogP contribution in [0, 0.1) is 0 Å². The number of hydrogen-bond donors (Lipinski definition) is 1. The molecule has 0 saturated carbocycles. The predicted octanol–water partition coefficient (Wildman–Crippen LogP) is 1.20. The van der Waals surface area contributed by atoms with E-state index in [2.05, 4.69) is 9.97 Å². The van der Waals surface area contributed by atoms with E-state index in [-0.39, 0.29) is 24.1 Å². The van der Waals surface area contributed by atoms with Gasteiger partial charge in [0.25, 0.3) is 0 Å². The number of hydrogen-bond acceptors (Lipinski definition) is 4.